The molecule has 4 nitrogen and oxygen atoms in total. The van der Waals surface area contributed by atoms with Gasteiger partial charge in [-0.2, -0.15) is 13.2 Å². The monoisotopic (exact) mass is 317 g/mol. The van der Waals surface area contributed by atoms with Crippen molar-refractivity contribution in [1.29, 1.82) is 0 Å². The van der Waals surface area contributed by atoms with Gasteiger partial charge in [0.2, 0.25) is 5.91 Å². The molecule has 1 amide bonds. The number of methoxy groups -OCH3 is 1. The third-order valence-corrected chi connectivity index (χ3v) is 2.88. The van der Waals surface area contributed by atoms with Crippen LogP contribution in [-0.2, 0) is 15.7 Å². The number of alkyl halides is 3. The zero-order chi connectivity index (χ0) is 16.8. The lowest BCUT2D eigenvalue weighted by Gasteiger charge is -2.13. The number of rotatable bonds is 6. The molecule has 0 aromatic heterocycles. The van der Waals surface area contributed by atoms with Gasteiger partial charge in [-0.25, -0.2) is 0 Å². The lowest BCUT2D eigenvalue weighted by Crippen LogP contribution is -2.33. The predicted octanol–water partition coefficient (Wildman–Crippen LogP) is 2.23. The number of amides is 1. The number of allylic oxidation sites excluding steroid dienone is 1. The second-order valence-corrected chi connectivity index (χ2v) is 4.73. The second kappa shape index (κ2) is 7.95. The molecule has 0 saturated carbocycles. The molecule has 0 aliphatic rings. The van der Waals surface area contributed by atoms with Crippen LogP contribution in [0.1, 0.15) is 18.1 Å². The Balaban J connectivity index is 2.83. The van der Waals surface area contributed by atoms with Gasteiger partial charge in [0.15, 0.2) is 0 Å². The molecule has 1 rings (SSSR count). The minimum absolute atomic E-state index is 0.0443. The van der Waals surface area contributed by atoms with Gasteiger partial charge < -0.3 is 15.2 Å². The van der Waals surface area contributed by atoms with Crippen LogP contribution in [0.25, 0.3) is 5.57 Å². The molecular formula is C15H18F3NO3. The molecule has 122 valence electrons. The van der Waals surface area contributed by atoms with Gasteiger partial charge in [-0.1, -0.05) is 18.2 Å². The van der Waals surface area contributed by atoms with Gasteiger partial charge in [0.25, 0.3) is 0 Å². The van der Waals surface area contributed by atoms with Crippen LogP contribution in [-0.4, -0.2) is 37.4 Å². The largest absolute Gasteiger partial charge is 0.416 e. The summed E-state index contributed by atoms with van der Waals surface area (Å²) in [6.45, 7) is 1.44. The molecule has 0 aliphatic carbocycles. The van der Waals surface area contributed by atoms with Crippen molar-refractivity contribution in [3.63, 3.8) is 0 Å². The van der Waals surface area contributed by atoms with E-state index in [2.05, 4.69) is 5.32 Å². The number of hydrogen-bond acceptors (Lipinski definition) is 3. The minimum Gasteiger partial charge on any atom is -0.389 e. The zero-order valence-electron chi connectivity index (χ0n) is 12.3. The first-order chi connectivity index (χ1) is 10.3. The van der Waals surface area contributed by atoms with E-state index in [0.717, 1.165) is 12.1 Å². The second-order valence-electron chi connectivity index (χ2n) is 4.73. The fourth-order valence-corrected chi connectivity index (χ4v) is 1.87. The molecule has 0 aliphatic heterocycles. The van der Waals surface area contributed by atoms with Crippen molar-refractivity contribution < 1.29 is 27.8 Å². The van der Waals surface area contributed by atoms with Crippen LogP contribution in [0.4, 0.5) is 13.2 Å². The van der Waals surface area contributed by atoms with Crippen LogP contribution in [0, 0.1) is 0 Å². The van der Waals surface area contributed by atoms with Crippen molar-refractivity contribution in [1.82, 2.24) is 5.32 Å². The minimum atomic E-state index is -4.49. The molecule has 7 heteroatoms. The highest BCUT2D eigenvalue weighted by Gasteiger charge is 2.33. The van der Waals surface area contributed by atoms with Crippen molar-refractivity contribution in [3.8, 4) is 0 Å². The Morgan fingerprint density at radius 1 is 1.41 bits per heavy atom. The van der Waals surface area contributed by atoms with E-state index in [9.17, 15) is 23.1 Å². The summed E-state index contributed by atoms with van der Waals surface area (Å²) in [5.74, 6) is -0.579. The molecule has 0 radical (unpaired) electrons. The van der Waals surface area contributed by atoms with Crippen LogP contribution >= 0.6 is 0 Å². The topological polar surface area (TPSA) is 58.6 Å². The van der Waals surface area contributed by atoms with E-state index in [-0.39, 0.29) is 24.3 Å². The van der Waals surface area contributed by atoms with Crippen molar-refractivity contribution in [2.45, 2.75) is 19.2 Å². The number of aliphatic hydroxyl groups is 1. The van der Waals surface area contributed by atoms with E-state index in [4.69, 9.17) is 4.74 Å². The fraction of sp³-hybridized carbons (Fsp3) is 0.400. The summed E-state index contributed by atoms with van der Waals surface area (Å²) in [5, 5.41) is 11.8. The van der Waals surface area contributed by atoms with E-state index < -0.39 is 23.8 Å². The van der Waals surface area contributed by atoms with Gasteiger partial charge in [-0.15, -0.1) is 0 Å². The first-order valence-electron chi connectivity index (χ1n) is 6.55. The van der Waals surface area contributed by atoms with Crippen molar-refractivity contribution in [2.24, 2.45) is 0 Å². The first-order valence-corrected chi connectivity index (χ1v) is 6.55. The van der Waals surface area contributed by atoms with Crippen LogP contribution in [0.2, 0.25) is 0 Å². The number of hydrogen-bond donors (Lipinski definition) is 2. The van der Waals surface area contributed by atoms with E-state index in [1.54, 1.807) is 0 Å². The van der Waals surface area contributed by atoms with Crippen LogP contribution in [0.5, 0.6) is 0 Å². The molecule has 1 aromatic carbocycles. The van der Waals surface area contributed by atoms with Gasteiger partial charge in [0, 0.05) is 19.7 Å². The van der Waals surface area contributed by atoms with Gasteiger partial charge in [-0.05, 0) is 24.1 Å². The summed E-state index contributed by atoms with van der Waals surface area (Å²) in [5.41, 5.74) is -0.662. The highest BCUT2D eigenvalue weighted by molar-refractivity contribution is 5.95. The Kier molecular flexibility index (Phi) is 6.58. The van der Waals surface area contributed by atoms with Crippen molar-refractivity contribution in [2.75, 3.05) is 20.3 Å². The Hall–Kier alpha value is -1.86. The Labute approximate surface area is 126 Å². The molecule has 22 heavy (non-hydrogen) atoms. The summed E-state index contributed by atoms with van der Waals surface area (Å²) in [4.78, 5) is 11.7. The Morgan fingerprint density at radius 2 is 2.05 bits per heavy atom. The van der Waals surface area contributed by atoms with Gasteiger partial charge in [0.05, 0.1) is 18.3 Å². The molecule has 0 saturated heterocycles. The summed E-state index contributed by atoms with van der Waals surface area (Å²) >= 11 is 0. The fourth-order valence-electron chi connectivity index (χ4n) is 1.87. The molecule has 2 N–H and O–H groups in total. The lowest BCUT2D eigenvalue weighted by molar-refractivity contribution is -0.137. The molecule has 0 heterocycles. The molecule has 1 atom stereocenters. The van der Waals surface area contributed by atoms with E-state index in [1.807, 2.05) is 0 Å². The highest BCUT2D eigenvalue weighted by atomic mass is 19.4. The van der Waals surface area contributed by atoms with E-state index in [0.29, 0.717) is 0 Å². The highest BCUT2D eigenvalue weighted by Crippen LogP contribution is 2.34. The van der Waals surface area contributed by atoms with Crippen LogP contribution in [0.3, 0.4) is 0 Å². The predicted molar refractivity (Wildman–Crippen MR) is 76.0 cm³/mol. The van der Waals surface area contributed by atoms with Crippen LogP contribution in [0.15, 0.2) is 30.3 Å². The number of carbonyl (C=O) groups excluding carboxylic acids is 1. The van der Waals surface area contributed by atoms with Crippen LogP contribution < -0.4 is 5.32 Å². The lowest BCUT2D eigenvalue weighted by atomic mass is 10.00. The van der Waals surface area contributed by atoms with Crippen molar-refractivity contribution >= 4 is 11.5 Å². The quantitative estimate of drug-likeness (QED) is 0.791. The summed E-state index contributed by atoms with van der Waals surface area (Å²) in [7, 11) is 1.41. The smallest absolute Gasteiger partial charge is 0.389 e. The number of halogens is 3. The number of nitrogens with one attached hydrogen (secondary N) is 1. The first kappa shape index (κ1) is 18.2. The van der Waals surface area contributed by atoms with E-state index >= 15 is 0 Å². The summed E-state index contributed by atoms with van der Waals surface area (Å²) in [6.07, 6.45) is -4.29. The Morgan fingerprint density at radius 3 is 2.64 bits per heavy atom. The number of benzene rings is 1. The molecule has 1 unspecified atom stereocenters. The van der Waals surface area contributed by atoms with Gasteiger partial charge >= 0.3 is 6.18 Å². The third kappa shape index (κ3) is 5.50. The molecule has 1 aromatic rings. The summed E-state index contributed by atoms with van der Waals surface area (Å²) < 4.78 is 43.4. The maximum absolute atomic E-state index is 12.9. The average molecular weight is 317 g/mol. The molecule has 0 spiro atoms. The standard InChI is InChI=1S/C15H18F3NO3/c1-10(7-14(21)19-8-11(20)9-22-2)12-5-3-4-6-13(12)15(16,17)18/h3-7,11,20H,8-9H2,1-2H3,(H,19,21)/b10-7-. The Bertz CT molecular complexity index is 541. The third-order valence-electron chi connectivity index (χ3n) is 2.88. The van der Waals surface area contributed by atoms with Crippen molar-refractivity contribution in [3.05, 3.63) is 41.5 Å². The summed E-state index contributed by atoms with van der Waals surface area (Å²) in [6, 6.07) is 5.04. The number of aliphatic hydroxyl groups excluding tert-OH is 1. The maximum atomic E-state index is 12.9. The molecular weight excluding hydrogens is 299 g/mol. The zero-order valence-corrected chi connectivity index (χ0v) is 12.3. The SMILES string of the molecule is COCC(O)CNC(=O)/C=C(/C)c1ccccc1C(F)(F)F. The van der Waals surface area contributed by atoms with E-state index in [1.165, 1.54) is 32.2 Å². The average Bonchev–Trinajstić information content (AvgIpc) is 2.44. The molecule has 0 fully saturated rings. The number of ether oxygens (including phenoxy) is 1. The van der Waals surface area contributed by atoms with Gasteiger partial charge in [0.1, 0.15) is 0 Å². The van der Waals surface area contributed by atoms with Gasteiger partial charge in [-0.3, -0.25) is 4.79 Å². The normalized spacial score (nSPS) is 13.8. The maximum Gasteiger partial charge on any atom is 0.416 e. The number of carbonyl (C=O) groups is 1. The molecule has 0 bridgehead atoms.